The average Bonchev–Trinajstić information content (AvgIpc) is 1.85. The molecule has 11 heavy (non-hydrogen) atoms. The molecule has 0 rings (SSSR count). The van der Waals surface area contributed by atoms with Crippen molar-refractivity contribution < 1.29 is 23.8 Å². The van der Waals surface area contributed by atoms with Crippen molar-refractivity contribution in [2.24, 2.45) is 0 Å². The van der Waals surface area contributed by atoms with Crippen molar-refractivity contribution in [3.05, 3.63) is 12.7 Å². The molecule has 0 bridgehead atoms. The Morgan fingerprint density at radius 3 is 2.00 bits per heavy atom. The van der Waals surface area contributed by atoms with Crippen LogP contribution in [0, 0.1) is 0 Å². The van der Waals surface area contributed by atoms with E-state index in [4.69, 9.17) is 5.11 Å². The fourth-order valence-electron chi connectivity index (χ4n) is 0.331. The zero-order valence-corrected chi connectivity index (χ0v) is 6.15. The Kier molecular flexibility index (Phi) is 3.20. The summed E-state index contributed by atoms with van der Waals surface area (Å²) >= 11 is 0. The molecule has 0 heterocycles. The Morgan fingerprint density at radius 2 is 1.91 bits per heavy atom. The molecule has 0 aromatic carbocycles. The summed E-state index contributed by atoms with van der Waals surface area (Å²) in [6, 6.07) is 0. The highest BCUT2D eigenvalue weighted by Gasteiger charge is 2.22. The molecule has 0 aliphatic carbocycles. The van der Waals surface area contributed by atoms with Crippen molar-refractivity contribution in [2.75, 3.05) is 0 Å². The fraction of sp³-hybridized carbons (Fsp3) is 0. The highest BCUT2D eigenvalue weighted by atomic mass is 31.1. The molecule has 0 radical (unpaired) electrons. The van der Waals surface area contributed by atoms with E-state index in [0.717, 1.165) is 0 Å². The summed E-state index contributed by atoms with van der Waals surface area (Å²) in [5, 5.41) is 8.12. The molecule has 0 saturated carbocycles. The van der Waals surface area contributed by atoms with Crippen molar-refractivity contribution in [1.29, 1.82) is 0 Å². The van der Waals surface area contributed by atoms with E-state index >= 15 is 0 Å². The summed E-state index contributed by atoms with van der Waals surface area (Å²) in [5.74, 6) is -1.19. The number of hydrogen-bond acceptors (Lipinski definition) is 4. The van der Waals surface area contributed by atoms with Crippen LogP contribution in [-0.4, -0.2) is 21.8 Å². The predicted molar refractivity (Wildman–Crippen MR) is 33.4 cm³/mol. The lowest BCUT2D eigenvalue weighted by molar-refractivity contribution is -0.120. The first-order valence-electron chi connectivity index (χ1n) is 2.34. The first kappa shape index (κ1) is 9.58. The van der Waals surface area contributed by atoms with E-state index in [9.17, 15) is 18.7 Å². The molecule has 0 aromatic rings. The minimum Gasteiger partial charge on any atom is -0.464 e. The van der Waals surface area contributed by atoms with E-state index in [1.165, 1.54) is 0 Å². The molecule has 0 unspecified atom stereocenters. The standard InChI is InChI=1S/C4H4NO5P/c1-2-3(6)5(4(7)8)11(9)10/h2H,1H2,(H,7,8). The van der Waals surface area contributed by atoms with Gasteiger partial charge >= 0.3 is 13.9 Å². The summed E-state index contributed by atoms with van der Waals surface area (Å²) in [6.45, 7) is 2.92. The Balaban J connectivity index is 4.75. The number of hydrogen-bond donors (Lipinski definition) is 1. The van der Waals surface area contributed by atoms with Crippen LogP contribution in [-0.2, 0) is 13.9 Å². The minimum absolute atomic E-state index is 0.331. The maximum atomic E-state index is 10.4. The summed E-state index contributed by atoms with van der Waals surface area (Å²) < 4.78 is 19.8. The molecule has 1 N–H and O–H groups in total. The molecule has 6 nitrogen and oxygen atoms in total. The molecule has 0 saturated heterocycles. The molecule has 0 aliphatic rings. The minimum atomic E-state index is -3.44. The molecule has 0 aliphatic heterocycles. The van der Waals surface area contributed by atoms with Gasteiger partial charge in [-0.15, -0.1) is 4.67 Å². The van der Waals surface area contributed by atoms with Crippen molar-refractivity contribution >= 4 is 19.8 Å². The second-order valence-corrected chi connectivity index (χ2v) is 2.25. The number of rotatable bonds is 2. The van der Waals surface area contributed by atoms with Crippen LogP contribution < -0.4 is 0 Å². The van der Waals surface area contributed by atoms with Gasteiger partial charge in [-0.2, -0.15) is 0 Å². The van der Waals surface area contributed by atoms with Crippen LogP contribution in [0.25, 0.3) is 0 Å². The lowest BCUT2D eigenvalue weighted by atomic mass is 10.6. The fourth-order valence-corrected chi connectivity index (χ4v) is 0.713. The van der Waals surface area contributed by atoms with Crippen LogP contribution >= 0.6 is 7.83 Å². The van der Waals surface area contributed by atoms with E-state index in [1.54, 1.807) is 0 Å². The van der Waals surface area contributed by atoms with Gasteiger partial charge in [-0.25, -0.2) is 13.9 Å². The molecule has 0 fully saturated rings. The van der Waals surface area contributed by atoms with Gasteiger partial charge in [-0.05, 0) is 6.08 Å². The third kappa shape index (κ3) is 2.35. The van der Waals surface area contributed by atoms with Gasteiger partial charge in [-0.3, -0.25) is 4.79 Å². The van der Waals surface area contributed by atoms with Crippen LogP contribution in [0.2, 0.25) is 0 Å². The number of carbonyl (C=O) groups excluding carboxylic acids is 1. The van der Waals surface area contributed by atoms with Gasteiger partial charge in [0.05, 0.1) is 0 Å². The monoisotopic (exact) mass is 177 g/mol. The molecular formula is C4H4NO5P. The summed E-state index contributed by atoms with van der Waals surface area (Å²) in [5.41, 5.74) is 0. The molecule has 60 valence electrons. The van der Waals surface area contributed by atoms with E-state index < -0.39 is 19.8 Å². The largest absolute Gasteiger partial charge is 0.464 e. The second-order valence-electron chi connectivity index (χ2n) is 1.37. The predicted octanol–water partition coefficient (Wildman–Crippen LogP) is 0.767. The number of carbonyl (C=O) groups is 2. The maximum Gasteiger partial charge on any atom is 0.439 e. The second kappa shape index (κ2) is 3.68. The third-order valence-electron chi connectivity index (χ3n) is 0.728. The molecule has 0 atom stereocenters. The van der Waals surface area contributed by atoms with Crippen molar-refractivity contribution in [3.63, 3.8) is 0 Å². The number of nitrogens with zero attached hydrogens (tertiary/aromatic N) is 1. The van der Waals surface area contributed by atoms with Crippen LogP contribution in [0.5, 0.6) is 0 Å². The van der Waals surface area contributed by atoms with Gasteiger partial charge in [0, 0.05) is 0 Å². The molecule has 2 amide bonds. The average molecular weight is 177 g/mol. The smallest absolute Gasteiger partial charge is 0.439 e. The lowest BCUT2D eigenvalue weighted by Gasteiger charge is -2.02. The number of imide groups is 1. The van der Waals surface area contributed by atoms with Crippen LogP contribution in [0.15, 0.2) is 12.7 Å². The van der Waals surface area contributed by atoms with Crippen molar-refractivity contribution in [1.82, 2.24) is 4.67 Å². The van der Waals surface area contributed by atoms with Gasteiger partial charge in [-0.1, -0.05) is 6.58 Å². The SMILES string of the molecule is C=CC(=O)N(C(=O)O)P(=O)=O. The molecular weight excluding hydrogens is 173 g/mol. The summed E-state index contributed by atoms with van der Waals surface area (Å²) in [6.07, 6.45) is -1.25. The first-order valence-corrected chi connectivity index (χ1v) is 3.47. The van der Waals surface area contributed by atoms with Gasteiger partial charge in [0.1, 0.15) is 0 Å². The molecule has 7 heteroatoms. The van der Waals surface area contributed by atoms with Crippen LogP contribution in [0.3, 0.4) is 0 Å². The highest BCUT2D eigenvalue weighted by molar-refractivity contribution is 7.30. The zero-order chi connectivity index (χ0) is 9.02. The molecule has 0 spiro atoms. The van der Waals surface area contributed by atoms with Gasteiger partial charge in [0.15, 0.2) is 0 Å². The van der Waals surface area contributed by atoms with E-state index in [0.29, 0.717) is 6.08 Å². The van der Waals surface area contributed by atoms with Crippen molar-refractivity contribution in [2.45, 2.75) is 0 Å². The van der Waals surface area contributed by atoms with Gasteiger partial charge in [0.25, 0.3) is 5.91 Å². The Hall–Kier alpha value is -1.42. The normalized spacial score (nSPS) is 8.36. The third-order valence-corrected chi connectivity index (χ3v) is 1.42. The number of amides is 2. The first-order chi connectivity index (χ1) is 5.00. The van der Waals surface area contributed by atoms with E-state index in [2.05, 4.69) is 6.58 Å². The van der Waals surface area contributed by atoms with Gasteiger partial charge < -0.3 is 5.11 Å². The maximum absolute atomic E-state index is 10.4. The summed E-state index contributed by atoms with van der Waals surface area (Å²) in [4.78, 5) is 20.5. The molecule has 0 aromatic heterocycles. The quantitative estimate of drug-likeness (QED) is 0.496. The Labute approximate surface area is 62.0 Å². The summed E-state index contributed by atoms with van der Waals surface area (Å²) in [7, 11) is -3.44. The lowest BCUT2D eigenvalue weighted by Crippen LogP contribution is -2.25. The van der Waals surface area contributed by atoms with Crippen molar-refractivity contribution in [3.8, 4) is 0 Å². The highest BCUT2D eigenvalue weighted by Crippen LogP contribution is 2.13. The Morgan fingerprint density at radius 1 is 1.45 bits per heavy atom. The Bertz CT molecular complexity index is 260. The van der Waals surface area contributed by atoms with E-state index in [-0.39, 0.29) is 4.67 Å². The van der Waals surface area contributed by atoms with Gasteiger partial charge in [0.2, 0.25) is 0 Å². The number of carboxylic acid groups (broad SMARTS) is 1. The zero-order valence-electron chi connectivity index (χ0n) is 5.26. The van der Waals surface area contributed by atoms with Crippen LogP contribution in [0.4, 0.5) is 4.79 Å². The van der Waals surface area contributed by atoms with Crippen LogP contribution in [0.1, 0.15) is 0 Å². The van der Waals surface area contributed by atoms with E-state index in [1.807, 2.05) is 0 Å². The topological polar surface area (TPSA) is 91.8 Å².